The van der Waals surface area contributed by atoms with Gasteiger partial charge in [0.05, 0.1) is 0 Å². The van der Waals surface area contributed by atoms with Gasteiger partial charge in [-0.2, -0.15) is 0 Å². The fourth-order valence-electron chi connectivity index (χ4n) is 4.07. The van der Waals surface area contributed by atoms with Crippen LogP contribution in [0.15, 0.2) is 18.2 Å². The Kier molecular flexibility index (Phi) is 15.4. The molecule has 39 heavy (non-hydrogen) atoms. The van der Waals surface area contributed by atoms with Crippen LogP contribution in [-0.2, 0) is 30.3 Å². The topological polar surface area (TPSA) is 142 Å². The minimum Gasteiger partial charge on any atom is -0.480 e. The van der Waals surface area contributed by atoms with E-state index in [2.05, 4.69) is 0 Å². The lowest BCUT2D eigenvalue weighted by atomic mass is 9.86. The Hall–Kier alpha value is -2.94. The predicted octanol–water partition coefficient (Wildman–Crippen LogP) is 5.74. The first-order valence-corrected chi connectivity index (χ1v) is 14.2. The molecule has 3 atom stereocenters. The van der Waals surface area contributed by atoms with Crippen molar-refractivity contribution in [1.29, 1.82) is 0 Å². The van der Waals surface area contributed by atoms with Crippen LogP contribution in [0.5, 0.6) is 11.5 Å². The molecule has 0 aliphatic heterocycles. The molecule has 9 heteroatoms. The maximum Gasteiger partial charge on any atom is 0.324 e. The second kappa shape index (κ2) is 17.6. The number of carbonyl (C=O) groups is 4. The molecule has 0 spiro atoms. The number of carboxylic acids is 1. The zero-order valence-corrected chi connectivity index (χ0v) is 24.3. The lowest BCUT2D eigenvalue weighted by Gasteiger charge is -2.28. The molecule has 1 aromatic carbocycles. The van der Waals surface area contributed by atoms with E-state index < -0.39 is 35.5 Å². The van der Waals surface area contributed by atoms with E-state index in [-0.39, 0.29) is 49.5 Å². The SMILES string of the molecule is CCCCCC(=O)Oc1ccc(CC(N)(C[C@H](C)OC(=O)CC(C)CC)C(=O)O)cc1OC(=O)CCCCC. The molecule has 0 aliphatic rings. The third-order valence-electron chi connectivity index (χ3n) is 6.57. The van der Waals surface area contributed by atoms with Crippen LogP contribution in [0.4, 0.5) is 0 Å². The van der Waals surface area contributed by atoms with Crippen molar-refractivity contribution in [1.82, 2.24) is 0 Å². The smallest absolute Gasteiger partial charge is 0.324 e. The van der Waals surface area contributed by atoms with Gasteiger partial charge in [-0.25, -0.2) is 0 Å². The Labute approximate surface area is 232 Å². The highest BCUT2D eigenvalue weighted by atomic mass is 16.6. The minimum atomic E-state index is -1.75. The monoisotopic (exact) mass is 549 g/mol. The van der Waals surface area contributed by atoms with Crippen LogP contribution in [0, 0.1) is 5.92 Å². The van der Waals surface area contributed by atoms with Crippen molar-refractivity contribution >= 4 is 23.9 Å². The number of esters is 3. The number of unbranched alkanes of at least 4 members (excludes halogenated alkanes) is 4. The Morgan fingerprint density at radius 3 is 1.95 bits per heavy atom. The van der Waals surface area contributed by atoms with E-state index in [9.17, 15) is 24.3 Å². The summed E-state index contributed by atoms with van der Waals surface area (Å²) < 4.78 is 16.4. The van der Waals surface area contributed by atoms with Crippen molar-refractivity contribution in [3.05, 3.63) is 23.8 Å². The number of benzene rings is 1. The van der Waals surface area contributed by atoms with E-state index in [0.29, 0.717) is 18.4 Å². The van der Waals surface area contributed by atoms with Crippen LogP contribution in [-0.4, -0.2) is 40.6 Å². The standard InChI is InChI=1S/C30H47NO8/c1-6-9-11-13-26(32)38-24-16-15-23(18-25(24)39-27(33)14-12-10-7-2)20-30(31,29(35)36)19-22(5)37-28(34)17-21(4)8-3/h15-16,18,21-22H,6-14,17,19-20,31H2,1-5H3,(H,35,36)/t21?,22-,30?/m0/s1. The lowest BCUT2D eigenvalue weighted by Crippen LogP contribution is -2.52. The summed E-state index contributed by atoms with van der Waals surface area (Å²) >= 11 is 0. The fraction of sp³-hybridized carbons (Fsp3) is 0.667. The van der Waals surface area contributed by atoms with Crippen molar-refractivity contribution in [3.63, 3.8) is 0 Å². The molecule has 0 saturated carbocycles. The number of hydrogen-bond acceptors (Lipinski definition) is 8. The van der Waals surface area contributed by atoms with Crippen molar-refractivity contribution in [2.45, 2.75) is 123 Å². The Morgan fingerprint density at radius 1 is 0.872 bits per heavy atom. The highest BCUT2D eigenvalue weighted by molar-refractivity contribution is 5.80. The first kappa shape index (κ1) is 34.1. The van der Waals surface area contributed by atoms with Gasteiger partial charge in [-0.15, -0.1) is 0 Å². The Balaban J connectivity index is 3.10. The highest BCUT2D eigenvalue weighted by Crippen LogP contribution is 2.32. The van der Waals surface area contributed by atoms with Crippen LogP contribution < -0.4 is 15.2 Å². The molecular weight excluding hydrogens is 502 g/mol. The van der Waals surface area contributed by atoms with Crippen molar-refractivity contribution < 1.29 is 38.5 Å². The summed E-state index contributed by atoms with van der Waals surface area (Å²) in [6.45, 7) is 9.60. The van der Waals surface area contributed by atoms with E-state index in [1.165, 1.54) is 12.1 Å². The number of rotatable bonds is 19. The average molecular weight is 550 g/mol. The first-order valence-electron chi connectivity index (χ1n) is 14.2. The van der Waals surface area contributed by atoms with E-state index in [4.69, 9.17) is 19.9 Å². The number of aliphatic carboxylic acids is 1. The number of ether oxygens (including phenoxy) is 3. The minimum absolute atomic E-state index is 0.0404. The largest absolute Gasteiger partial charge is 0.480 e. The quantitative estimate of drug-likeness (QED) is 0.125. The van der Waals surface area contributed by atoms with Gasteiger partial charge in [-0.1, -0.05) is 65.9 Å². The summed E-state index contributed by atoms with van der Waals surface area (Å²) in [6, 6.07) is 4.56. The normalized spacial score (nSPS) is 14.1. The molecule has 9 nitrogen and oxygen atoms in total. The summed E-state index contributed by atoms with van der Waals surface area (Å²) in [6.07, 6.45) is 5.59. The molecule has 0 saturated heterocycles. The third kappa shape index (κ3) is 13.1. The summed E-state index contributed by atoms with van der Waals surface area (Å²) in [4.78, 5) is 49.2. The maximum absolute atomic E-state index is 12.5. The molecule has 3 N–H and O–H groups in total. The molecule has 0 fully saturated rings. The van der Waals surface area contributed by atoms with Crippen LogP contribution in [0.3, 0.4) is 0 Å². The van der Waals surface area contributed by atoms with Crippen LogP contribution in [0.1, 0.15) is 111 Å². The van der Waals surface area contributed by atoms with Gasteiger partial charge in [0.25, 0.3) is 0 Å². The maximum atomic E-state index is 12.5. The molecule has 0 aliphatic carbocycles. The Morgan fingerprint density at radius 2 is 1.44 bits per heavy atom. The molecule has 0 amide bonds. The summed E-state index contributed by atoms with van der Waals surface area (Å²) in [5.74, 6) is -2.26. The van der Waals surface area contributed by atoms with Crippen LogP contribution in [0.2, 0.25) is 0 Å². The summed E-state index contributed by atoms with van der Waals surface area (Å²) in [5, 5.41) is 9.95. The molecule has 0 radical (unpaired) electrons. The third-order valence-corrected chi connectivity index (χ3v) is 6.57. The molecular formula is C30H47NO8. The van der Waals surface area contributed by atoms with Gasteiger partial charge < -0.3 is 25.1 Å². The van der Waals surface area contributed by atoms with Gasteiger partial charge in [-0.05, 0) is 43.4 Å². The van der Waals surface area contributed by atoms with E-state index >= 15 is 0 Å². The molecule has 0 heterocycles. The van der Waals surface area contributed by atoms with Crippen molar-refractivity contribution in [3.8, 4) is 11.5 Å². The molecule has 220 valence electrons. The van der Waals surface area contributed by atoms with Gasteiger partial charge in [0.15, 0.2) is 11.5 Å². The second-order valence-electron chi connectivity index (χ2n) is 10.5. The van der Waals surface area contributed by atoms with Crippen molar-refractivity contribution in [2.24, 2.45) is 11.7 Å². The molecule has 1 rings (SSSR count). The second-order valence-corrected chi connectivity index (χ2v) is 10.5. The van der Waals surface area contributed by atoms with Gasteiger partial charge in [0.1, 0.15) is 11.6 Å². The van der Waals surface area contributed by atoms with Gasteiger partial charge in [0.2, 0.25) is 0 Å². The van der Waals surface area contributed by atoms with Gasteiger partial charge in [0, 0.05) is 32.1 Å². The number of nitrogens with two attached hydrogens (primary N) is 1. The summed E-state index contributed by atoms with van der Waals surface area (Å²) in [7, 11) is 0. The van der Waals surface area contributed by atoms with Crippen LogP contribution in [0.25, 0.3) is 0 Å². The number of carbonyl (C=O) groups excluding carboxylic acids is 3. The highest BCUT2D eigenvalue weighted by Gasteiger charge is 2.37. The number of hydrogen-bond donors (Lipinski definition) is 2. The van der Waals surface area contributed by atoms with Gasteiger partial charge in [-0.3, -0.25) is 19.2 Å². The molecule has 1 aromatic rings. The molecule has 0 bridgehead atoms. The van der Waals surface area contributed by atoms with E-state index in [0.717, 1.165) is 32.1 Å². The van der Waals surface area contributed by atoms with E-state index in [1.54, 1.807) is 13.0 Å². The molecule has 0 aromatic heterocycles. The van der Waals surface area contributed by atoms with Crippen LogP contribution >= 0.6 is 0 Å². The van der Waals surface area contributed by atoms with Gasteiger partial charge >= 0.3 is 23.9 Å². The number of carboxylic acid groups (broad SMARTS) is 1. The summed E-state index contributed by atoms with van der Waals surface area (Å²) in [5.41, 5.74) is 5.03. The fourth-order valence-corrected chi connectivity index (χ4v) is 4.07. The average Bonchev–Trinajstić information content (AvgIpc) is 2.85. The predicted molar refractivity (Wildman–Crippen MR) is 148 cm³/mol. The Bertz CT molecular complexity index is 947. The molecule has 2 unspecified atom stereocenters. The van der Waals surface area contributed by atoms with E-state index in [1.807, 2.05) is 27.7 Å². The van der Waals surface area contributed by atoms with Crippen molar-refractivity contribution in [2.75, 3.05) is 0 Å². The zero-order valence-electron chi connectivity index (χ0n) is 24.3. The zero-order chi connectivity index (χ0) is 29.4. The first-order chi connectivity index (χ1) is 18.4. The lowest BCUT2D eigenvalue weighted by molar-refractivity contribution is -0.154.